The number of hydrogen-bond acceptors (Lipinski definition) is 6. The minimum atomic E-state index is -0.652. The summed E-state index contributed by atoms with van der Waals surface area (Å²) in [5.41, 5.74) is 2.87. The number of carbonyl (C=O) groups excluding carboxylic acids is 2. The van der Waals surface area contributed by atoms with E-state index in [1.54, 1.807) is 54.5 Å². The van der Waals surface area contributed by atoms with Crippen LogP contribution in [0, 0.1) is 5.82 Å². The number of rotatable bonds is 6. The number of aryl methyl sites for hydroxylation is 1. The van der Waals surface area contributed by atoms with Crippen LogP contribution < -0.4 is 20.3 Å². The third-order valence-corrected chi connectivity index (χ3v) is 5.90. The lowest BCUT2D eigenvalue weighted by molar-refractivity contribution is -0.116. The lowest BCUT2D eigenvalue weighted by Gasteiger charge is -2.18. The van der Waals surface area contributed by atoms with Crippen LogP contribution in [-0.2, 0) is 11.8 Å². The fraction of sp³-hybridized carbons (Fsp3) is 0.154. The van der Waals surface area contributed by atoms with Gasteiger partial charge in [-0.25, -0.2) is 9.18 Å². The van der Waals surface area contributed by atoms with Crippen LogP contribution in [-0.4, -0.2) is 39.7 Å². The summed E-state index contributed by atoms with van der Waals surface area (Å²) >= 11 is 6.20. The van der Waals surface area contributed by atoms with E-state index < -0.39 is 11.8 Å². The molecule has 0 unspecified atom stereocenters. The zero-order valence-electron chi connectivity index (χ0n) is 19.7. The summed E-state index contributed by atoms with van der Waals surface area (Å²) in [6.07, 6.45) is 5.54. The monoisotopic (exact) mass is 520 g/mol. The van der Waals surface area contributed by atoms with E-state index in [4.69, 9.17) is 16.3 Å². The van der Waals surface area contributed by atoms with Gasteiger partial charge in [0.2, 0.25) is 0 Å². The molecular formula is C26H22ClFN6O3. The number of nitrogens with zero attached hydrogens (tertiary/aromatic N) is 4. The van der Waals surface area contributed by atoms with Gasteiger partial charge in [0, 0.05) is 72.2 Å². The number of nitrogens with one attached hydrogen (secondary N) is 2. The Morgan fingerprint density at radius 1 is 1.11 bits per heavy atom. The molecule has 0 spiro atoms. The molecule has 4 aromatic rings. The van der Waals surface area contributed by atoms with Crippen molar-refractivity contribution in [2.24, 2.45) is 7.05 Å². The van der Waals surface area contributed by atoms with E-state index in [0.717, 1.165) is 17.3 Å². The van der Waals surface area contributed by atoms with Crippen molar-refractivity contribution < 1.29 is 18.7 Å². The van der Waals surface area contributed by atoms with Crippen molar-refractivity contribution in [2.45, 2.75) is 6.42 Å². The second kappa shape index (κ2) is 10.3. The molecule has 3 heterocycles. The Hall–Kier alpha value is -4.44. The van der Waals surface area contributed by atoms with Crippen LogP contribution in [0.2, 0.25) is 5.02 Å². The van der Waals surface area contributed by atoms with Crippen molar-refractivity contribution in [1.82, 2.24) is 14.8 Å². The van der Waals surface area contributed by atoms with Gasteiger partial charge in [0.1, 0.15) is 5.75 Å². The minimum Gasteiger partial charge on any atom is -0.454 e. The molecule has 2 N–H and O–H groups in total. The van der Waals surface area contributed by atoms with Crippen molar-refractivity contribution in [3.63, 3.8) is 0 Å². The predicted octanol–water partition coefficient (Wildman–Crippen LogP) is 5.49. The standard InChI is InChI=1S/C26H22ClFN6O3/c1-33-14-16(13-30-33)24-12-22(4-6-29-24)37-25-3-2-18(11-23(25)28)31-26(36)32-19-8-17(27)9-20(10-19)34-7-5-21(35)15-34/h2-4,6,8-14H,5,7,15H2,1H3,(H2,31,32,36). The Bertz CT molecular complexity index is 1490. The van der Waals surface area contributed by atoms with Gasteiger partial charge >= 0.3 is 6.03 Å². The summed E-state index contributed by atoms with van der Waals surface area (Å²) in [6, 6.07) is 11.9. The summed E-state index contributed by atoms with van der Waals surface area (Å²) in [5.74, 6) is -0.0996. The highest BCUT2D eigenvalue weighted by atomic mass is 35.5. The van der Waals surface area contributed by atoms with E-state index in [2.05, 4.69) is 20.7 Å². The highest BCUT2D eigenvalue weighted by Crippen LogP contribution is 2.30. The number of aromatic nitrogens is 3. The fourth-order valence-corrected chi connectivity index (χ4v) is 4.18. The van der Waals surface area contributed by atoms with Crippen molar-refractivity contribution in [1.29, 1.82) is 0 Å². The Morgan fingerprint density at radius 3 is 2.68 bits per heavy atom. The Labute approximate surface area is 216 Å². The molecule has 37 heavy (non-hydrogen) atoms. The van der Waals surface area contributed by atoms with Crippen LogP contribution in [0.25, 0.3) is 11.3 Å². The molecule has 9 nitrogen and oxygen atoms in total. The molecular weight excluding hydrogens is 499 g/mol. The maximum Gasteiger partial charge on any atom is 0.323 e. The van der Waals surface area contributed by atoms with Gasteiger partial charge in [0.25, 0.3) is 0 Å². The molecule has 1 saturated heterocycles. The maximum absolute atomic E-state index is 14.8. The first-order valence-corrected chi connectivity index (χ1v) is 11.8. The first-order valence-electron chi connectivity index (χ1n) is 11.4. The van der Waals surface area contributed by atoms with Crippen molar-refractivity contribution in [3.8, 4) is 22.8 Å². The molecule has 0 radical (unpaired) electrons. The number of hydrogen-bond donors (Lipinski definition) is 2. The number of urea groups is 1. The second-order valence-electron chi connectivity index (χ2n) is 8.51. The van der Waals surface area contributed by atoms with Crippen LogP contribution >= 0.6 is 11.6 Å². The smallest absolute Gasteiger partial charge is 0.323 e. The summed E-state index contributed by atoms with van der Waals surface area (Å²) in [4.78, 5) is 30.3. The fourth-order valence-electron chi connectivity index (χ4n) is 3.95. The predicted molar refractivity (Wildman–Crippen MR) is 139 cm³/mol. The second-order valence-corrected chi connectivity index (χ2v) is 8.95. The van der Waals surface area contributed by atoms with E-state index >= 15 is 0 Å². The van der Waals surface area contributed by atoms with Gasteiger partial charge in [-0.2, -0.15) is 5.10 Å². The molecule has 0 atom stereocenters. The first kappa shape index (κ1) is 24.3. The minimum absolute atomic E-state index is 0.00561. The van der Waals surface area contributed by atoms with E-state index in [-0.39, 0.29) is 17.2 Å². The molecule has 1 aliphatic heterocycles. The normalized spacial score (nSPS) is 13.1. The van der Waals surface area contributed by atoms with Gasteiger partial charge in [-0.3, -0.25) is 14.5 Å². The number of anilines is 3. The summed E-state index contributed by atoms with van der Waals surface area (Å²) in [5, 5.41) is 9.83. The Kier molecular flexibility index (Phi) is 6.74. The largest absolute Gasteiger partial charge is 0.454 e. The molecule has 11 heteroatoms. The summed E-state index contributed by atoms with van der Waals surface area (Å²) < 4.78 is 22.1. The van der Waals surface area contributed by atoms with Crippen LogP contribution in [0.1, 0.15) is 6.42 Å². The maximum atomic E-state index is 14.8. The summed E-state index contributed by atoms with van der Waals surface area (Å²) in [6.45, 7) is 0.909. The molecule has 0 aliphatic carbocycles. The SMILES string of the molecule is Cn1cc(-c2cc(Oc3ccc(NC(=O)Nc4cc(Cl)cc(N5CCC(=O)C5)c4)cc3F)ccn2)cn1. The van der Waals surface area contributed by atoms with Gasteiger partial charge in [0.15, 0.2) is 17.3 Å². The zero-order valence-corrected chi connectivity index (χ0v) is 20.5. The molecule has 0 bridgehead atoms. The molecule has 5 rings (SSSR count). The average molecular weight is 521 g/mol. The molecule has 188 valence electrons. The van der Waals surface area contributed by atoms with Crippen LogP contribution in [0.3, 0.4) is 0 Å². The lowest BCUT2D eigenvalue weighted by Crippen LogP contribution is -2.21. The van der Waals surface area contributed by atoms with E-state index in [1.165, 1.54) is 12.1 Å². The highest BCUT2D eigenvalue weighted by Gasteiger charge is 2.20. The van der Waals surface area contributed by atoms with Gasteiger partial charge in [0.05, 0.1) is 18.4 Å². The van der Waals surface area contributed by atoms with Crippen molar-refractivity contribution >= 4 is 40.5 Å². The molecule has 1 aliphatic rings. The van der Waals surface area contributed by atoms with Gasteiger partial charge in [-0.1, -0.05) is 11.6 Å². The summed E-state index contributed by atoms with van der Waals surface area (Å²) in [7, 11) is 1.80. The number of pyridine rings is 1. The average Bonchev–Trinajstić information content (AvgIpc) is 3.49. The van der Waals surface area contributed by atoms with Crippen LogP contribution in [0.4, 0.5) is 26.2 Å². The van der Waals surface area contributed by atoms with E-state index in [0.29, 0.717) is 41.7 Å². The number of ketones is 1. The first-order chi connectivity index (χ1) is 17.8. The lowest BCUT2D eigenvalue weighted by atomic mass is 10.2. The molecule has 0 saturated carbocycles. The van der Waals surface area contributed by atoms with Crippen LogP contribution in [0.5, 0.6) is 11.5 Å². The molecule has 2 aromatic carbocycles. The Balaban J connectivity index is 1.24. The quantitative estimate of drug-likeness (QED) is 0.348. The zero-order chi connectivity index (χ0) is 25.9. The molecule has 1 fully saturated rings. The van der Waals surface area contributed by atoms with Crippen molar-refractivity contribution in [3.05, 3.63) is 78.0 Å². The third-order valence-electron chi connectivity index (χ3n) is 5.68. The van der Waals surface area contributed by atoms with Gasteiger partial charge in [-0.05, 0) is 36.4 Å². The molecule has 2 amide bonds. The number of ether oxygens (including phenoxy) is 1. The van der Waals surface area contributed by atoms with Crippen LogP contribution in [0.15, 0.2) is 67.1 Å². The van der Waals surface area contributed by atoms with Gasteiger partial charge < -0.3 is 20.3 Å². The topological polar surface area (TPSA) is 101 Å². The van der Waals surface area contributed by atoms with Gasteiger partial charge in [-0.15, -0.1) is 0 Å². The molecule has 2 aromatic heterocycles. The number of benzene rings is 2. The van der Waals surface area contributed by atoms with E-state index in [1.807, 2.05) is 11.1 Å². The number of Topliss-reactive ketones (excluding diaryl/α,β-unsaturated/α-hetero) is 1. The van der Waals surface area contributed by atoms with Crippen molar-refractivity contribution in [2.75, 3.05) is 28.6 Å². The number of halogens is 2. The number of carbonyl (C=O) groups is 2. The third kappa shape index (κ3) is 5.87. The highest BCUT2D eigenvalue weighted by molar-refractivity contribution is 6.31. The van der Waals surface area contributed by atoms with E-state index in [9.17, 15) is 14.0 Å². The Morgan fingerprint density at radius 2 is 1.95 bits per heavy atom. The number of amides is 2.